The summed E-state index contributed by atoms with van der Waals surface area (Å²) in [6, 6.07) is 1.32. The molecule has 0 fully saturated rings. The lowest BCUT2D eigenvalue weighted by Crippen LogP contribution is -2.39. The van der Waals surface area contributed by atoms with E-state index in [1.165, 1.54) is 6.33 Å². The monoisotopic (exact) mass is 266 g/mol. The molecule has 0 saturated heterocycles. The third-order valence-electron chi connectivity index (χ3n) is 2.38. The highest BCUT2D eigenvalue weighted by molar-refractivity contribution is 5.83. The minimum Gasteiger partial charge on any atom is -0.478 e. The van der Waals surface area contributed by atoms with Crippen LogP contribution in [-0.4, -0.2) is 35.1 Å². The van der Waals surface area contributed by atoms with Crippen LogP contribution in [0.2, 0.25) is 0 Å². The second-order valence-electron chi connectivity index (χ2n) is 4.68. The number of aromatic nitrogens is 2. The quantitative estimate of drug-likeness (QED) is 0.781. The maximum absolute atomic E-state index is 11.8. The van der Waals surface area contributed by atoms with E-state index in [1.54, 1.807) is 13.0 Å². The van der Waals surface area contributed by atoms with Crippen molar-refractivity contribution >= 4 is 11.7 Å². The number of ether oxygens (including phenoxy) is 1. The lowest BCUT2D eigenvalue weighted by atomic mass is 10.2. The summed E-state index contributed by atoms with van der Waals surface area (Å²) >= 11 is 0. The Morgan fingerprint density at radius 1 is 1.37 bits per heavy atom. The van der Waals surface area contributed by atoms with Crippen molar-refractivity contribution in [3.05, 3.63) is 12.4 Å². The van der Waals surface area contributed by atoms with Gasteiger partial charge in [0.25, 0.3) is 0 Å². The topological polar surface area (TPSA) is 76.1 Å². The fourth-order valence-electron chi connectivity index (χ4n) is 1.39. The third-order valence-corrected chi connectivity index (χ3v) is 2.38. The summed E-state index contributed by atoms with van der Waals surface area (Å²) in [5.74, 6) is 1.45. The number of hydrogen-bond acceptors (Lipinski definition) is 5. The molecule has 1 aromatic rings. The van der Waals surface area contributed by atoms with Crippen molar-refractivity contribution in [2.45, 2.75) is 33.7 Å². The van der Waals surface area contributed by atoms with Gasteiger partial charge >= 0.3 is 0 Å². The third kappa shape index (κ3) is 5.54. The SMILES string of the molecule is CCOc1cc(NC(C)C(=O)NCC(C)C)ncn1. The molecule has 6 nitrogen and oxygen atoms in total. The van der Waals surface area contributed by atoms with Gasteiger partial charge in [-0.05, 0) is 19.8 Å². The van der Waals surface area contributed by atoms with E-state index in [9.17, 15) is 4.79 Å². The summed E-state index contributed by atoms with van der Waals surface area (Å²) in [6.07, 6.45) is 1.41. The highest BCUT2D eigenvalue weighted by atomic mass is 16.5. The van der Waals surface area contributed by atoms with Crippen LogP contribution in [0.1, 0.15) is 27.7 Å². The van der Waals surface area contributed by atoms with Crippen LogP contribution in [0.15, 0.2) is 12.4 Å². The van der Waals surface area contributed by atoms with Gasteiger partial charge in [0.1, 0.15) is 18.2 Å². The first kappa shape index (κ1) is 15.2. The molecule has 0 saturated carbocycles. The van der Waals surface area contributed by atoms with Gasteiger partial charge in [0.05, 0.1) is 6.61 Å². The second-order valence-corrected chi connectivity index (χ2v) is 4.68. The van der Waals surface area contributed by atoms with E-state index in [1.807, 2.05) is 6.92 Å². The number of carbonyl (C=O) groups is 1. The van der Waals surface area contributed by atoms with Crippen molar-refractivity contribution in [1.82, 2.24) is 15.3 Å². The Hall–Kier alpha value is -1.85. The minimum absolute atomic E-state index is 0.0507. The van der Waals surface area contributed by atoms with E-state index in [0.717, 1.165) is 0 Å². The number of amides is 1. The van der Waals surface area contributed by atoms with Crippen LogP contribution in [0.4, 0.5) is 5.82 Å². The summed E-state index contributed by atoms with van der Waals surface area (Å²) in [7, 11) is 0. The smallest absolute Gasteiger partial charge is 0.242 e. The van der Waals surface area contributed by atoms with Crippen LogP contribution < -0.4 is 15.4 Å². The Labute approximate surface area is 114 Å². The largest absolute Gasteiger partial charge is 0.478 e. The average Bonchev–Trinajstić information content (AvgIpc) is 2.36. The van der Waals surface area contributed by atoms with Gasteiger partial charge in [0, 0.05) is 12.6 Å². The van der Waals surface area contributed by atoms with Crippen molar-refractivity contribution in [3.63, 3.8) is 0 Å². The van der Waals surface area contributed by atoms with Gasteiger partial charge in [-0.1, -0.05) is 13.8 Å². The number of nitrogens with zero attached hydrogens (tertiary/aromatic N) is 2. The summed E-state index contributed by atoms with van der Waals surface area (Å²) in [5, 5.41) is 5.89. The van der Waals surface area contributed by atoms with E-state index in [-0.39, 0.29) is 11.9 Å². The fourth-order valence-corrected chi connectivity index (χ4v) is 1.39. The second kappa shape index (κ2) is 7.56. The summed E-state index contributed by atoms with van der Waals surface area (Å²) < 4.78 is 5.28. The Morgan fingerprint density at radius 2 is 2.11 bits per heavy atom. The van der Waals surface area contributed by atoms with Crippen molar-refractivity contribution in [2.24, 2.45) is 5.92 Å². The lowest BCUT2D eigenvalue weighted by molar-refractivity contribution is -0.121. The molecule has 0 aliphatic heterocycles. The summed E-state index contributed by atoms with van der Waals surface area (Å²) in [6.45, 7) is 8.99. The van der Waals surface area contributed by atoms with Gasteiger partial charge in [-0.25, -0.2) is 9.97 Å². The molecule has 0 aliphatic rings. The first-order valence-electron chi connectivity index (χ1n) is 6.52. The molecule has 0 aromatic carbocycles. The molecule has 0 bridgehead atoms. The first-order valence-corrected chi connectivity index (χ1v) is 6.52. The molecule has 2 N–H and O–H groups in total. The maximum atomic E-state index is 11.8. The zero-order chi connectivity index (χ0) is 14.3. The van der Waals surface area contributed by atoms with E-state index in [4.69, 9.17) is 4.74 Å². The molecule has 6 heteroatoms. The molecule has 1 rings (SSSR count). The van der Waals surface area contributed by atoms with E-state index in [2.05, 4.69) is 34.4 Å². The molecule has 1 atom stereocenters. The van der Waals surface area contributed by atoms with Crippen LogP contribution in [0.5, 0.6) is 5.88 Å². The van der Waals surface area contributed by atoms with E-state index >= 15 is 0 Å². The molecule has 1 amide bonds. The fraction of sp³-hybridized carbons (Fsp3) is 0.615. The van der Waals surface area contributed by atoms with E-state index < -0.39 is 0 Å². The van der Waals surface area contributed by atoms with Crippen LogP contribution >= 0.6 is 0 Å². The molecule has 106 valence electrons. The van der Waals surface area contributed by atoms with Gasteiger partial charge in [0.2, 0.25) is 11.8 Å². The van der Waals surface area contributed by atoms with Gasteiger partial charge in [-0.2, -0.15) is 0 Å². The molecule has 1 heterocycles. The highest BCUT2D eigenvalue weighted by Gasteiger charge is 2.13. The van der Waals surface area contributed by atoms with Crippen molar-refractivity contribution in [3.8, 4) is 5.88 Å². The minimum atomic E-state index is -0.358. The Bertz CT molecular complexity index is 409. The average molecular weight is 266 g/mol. The molecular weight excluding hydrogens is 244 g/mol. The molecule has 1 aromatic heterocycles. The number of carbonyl (C=O) groups excluding carboxylic acids is 1. The van der Waals surface area contributed by atoms with Crippen LogP contribution in [0.3, 0.4) is 0 Å². The maximum Gasteiger partial charge on any atom is 0.242 e. The number of nitrogens with one attached hydrogen (secondary N) is 2. The van der Waals surface area contributed by atoms with Crippen LogP contribution in [0.25, 0.3) is 0 Å². The number of hydrogen-bond donors (Lipinski definition) is 2. The van der Waals surface area contributed by atoms with E-state index in [0.29, 0.717) is 30.8 Å². The zero-order valence-electron chi connectivity index (χ0n) is 11.9. The molecule has 0 radical (unpaired) electrons. The van der Waals surface area contributed by atoms with Crippen molar-refractivity contribution in [1.29, 1.82) is 0 Å². The molecule has 19 heavy (non-hydrogen) atoms. The van der Waals surface area contributed by atoms with Crippen LogP contribution in [-0.2, 0) is 4.79 Å². The first-order chi connectivity index (χ1) is 9.02. The predicted molar refractivity (Wildman–Crippen MR) is 74.1 cm³/mol. The lowest BCUT2D eigenvalue weighted by Gasteiger charge is -2.15. The Morgan fingerprint density at radius 3 is 2.74 bits per heavy atom. The Kier molecular flexibility index (Phi) is 6.05. The van der Waals surface area contributed by atoms with Gasteiger partial charge in [0.15, 0.2) is 0 Å². The molecular formula is C13H22N4O2. The Balaban J connectivity index is 2.53. The summed E-state index contributed by atoms with van der Waals surface area (Å²) in [5.41, 5.74) is 0. The van der Waals surface area contributed by atoms with Gasteiger partial charge in [-0.3, -0.25) is 4.79 Å². The molecule has 0 aliphatic carbocycles. The predicted octanol–water partition coefficient (Wildman–Crippen LogP) is 1.45. The van der Waals surface area contributed by atoms with Crippen molar-refractivity contribution < 1.29 is 9.53 Å². The molecule has 1 unspecified atom stereocenters. The standard InChI is InChI=1S/C13H22N4O2/c1-5-19-12-6-11(15-8-16-12)17-10(4)13(18)14-7-9(2)3/h6,8-10H,5,7H2,1-4H3,(H,14,18)(H,15,16,17). The highest BCUT2D eigenvalue weighted by Crippen LogP contribution is 2.11. The normalized spacial score (nSPS) is 12.1. The van der Waals surface area contributed by atoms with Crippen molar-refractivity contribution in [2.75, 3.05) is 18.5 Å². The van der Waals surface area contributed by atoms with Crippen LogP contribution in [0, 0.1) is 5.92 Å². The molecule has 0 spiro atoms. The number of anilines is 1. The number of rotatable bonds is 7. The zero-order valence-corrected chi connectivity index (χ0v) is 11.9. The van der Waals surface area contributed by atoms with Gasteiger partial charge < -0.3 is 15.4 Å². The van der Waals surface area contributed by atoms with Gasteiger partial charge in [-0.15, -0.1) is 0 Å². The summed E-state index contributed by atoms with van der Waals surface area (Å²) in [4.78, 5) is 19.8.